The Labute approximate surface area is 554 Å². The summed E-state index contributed by atoms with van der Waals surface area (Å²) in [5.41, 5.74) is 0. The maximum Gasteiger partial charge on any atom is 0.220 e. The van der Waals surface area contributed by atoms with Crippen LogP contribution in [-0.2, 0) is 14.3 Å². The number of allylic oxidation sites excluding steroid dienone is 19. The van der Waals surface area contributed by atoms with Crippen LogP contribution in [0.2, 0.25) is 0 Å². The zero-order valence-electron chi connectivity index (χ0n) is 58.1. The first kappa shape index (κ1) is 84.6. The van der Waals surface area contributed by atoms with Gasteiger partial charge in [-0.05, 0) is 103 Å². The van der Waals surface area contributed by atoms with E-state index in [1.807, 2.05) is 6.08 Å². The van der Waals surface area contributed by atoms with Crippen LogP contribution >= 0.6 is 0 Å². The summed E-state index contributed by atoms with van der Waals surface area (Å²) in [5.74, 6) is -0.193. The highest BCUT2D eigenvalue weighted by atomic mass is 16.7. The van der Waals surface area contributed by atoms with Crippen molar-refractivity contribution in [2.24, 2.45) is 0 Å². The zero-order valence-corrected chi connectivity index (χ0v) is 58.1. The third-order valence-electron chi connectivity index (χ3n) is 17.2. The molecule has 1 aliphatic heterocycles. The van der Waals surface area contributed by atoms with Crippen LogP contribution in [0.4, 0.5) is 0 Å². The van der Waals surface area contributed by atoms with Gasteiger partial charge in [-0.25, -0.2) is 0 Å². The van der Waals surface area contributed by atoms with Gasteiger partial charge in [-0.3, -0.25) is 4.79 Å². The molecule has 0 bridgehead atoms. The molecule has 1 fully saturated rings. The molecule has 9 nitrogen and oxygen atoms in total. The van der Waals surface area contributed by atoms with Crippen molar-refractivity contribution >= 4 is 5.91 Å². The summed E-state index contributed by atoms with van der Waals surface area (Å²) in [6, 6.07) is -0.839. The van der Waals surface area contributed by atoms with Gasteiger partial charge in [0, 0.05) is 6.42 Å². The Bertz CT molecular complexity index is 1840. The van der Waals surface area contributed by atoms with Crippen molar-refractivity contribution in [2.75, 3.05) is 13.2 Å². The molecule has 1 heterocycles. The van der Waals surface area contributed by atoms with E-state index in [4.69, 9.17) is 9.47 Å². The molecule has 0 aromatic rings. The van der Waals surface area contributed by atoms with E-state index in [0.29, 0.717) is 6.42 Å². The monoisotopic (exact) mass is 1260 g/mol. The predicted molar refractivity (Wildman–Crippen MR) is 387 cm³/mol. The minimum Gasteiger partial charge on any atom is -0.394 e. The second kappa shape index (κ2) is 68.4. The topological polar surface area (TPSA) is 149 Å². The standard InChI is InChI=1S/C81H141NO8/c1-3-5-7-9-11-13-15-17-19-21-23-25-27-29-31-33-35-37-38-39-41-43-45-47-49-51-53-55-57-59-61-63-65-67-69-71-77(85)82-74(73-89-81-80(88)79(87)78(86)76(72-83)90-81)75(84)70-68-66-64-62-60-58-56-54-52-50-48-46-44-42-40-36-34-32-30-28-26-24-22-20-18-16-14-12-10-8-6-4-2/h5,7,11,13,17,19,23,25,29,31,35,37,39,41,52,54,60,62,68,70,74-76,78-81,83-84,86-88H,3-4,6,8-10,12,14-16,18,20-22,24,26-28,30,32-34,36,38,40,42-51,53,55-59,61,63-67,69,71-73H2,1-2H3,(H,82,85)/b7-5-,13-11-,19-17-,25-23-,31-29-,37-35-,41-39-,54-52+,62-60+,70-68+. The Morgan fingerprint density at radius 1 is 0.389 bits per heavy atom. The lowest BCUT2D eigenvalue weighted by molar-refractivity contribution is -0.302. The van der Waals surface area contributed by atoms with Gasteiger partial charge in [-0.2, -0.15) is 0 Å². The molecular formula is C81H141NO8. The normalized spacial score (nSPS) is 18.5. The molecule has 0 aliphatic carbocycles. The molecular weight excluding hydrogens is 1110 g/mol. The smallest absolute Gasteiger partial charge is 0.220 e. The summed E-state index contributed by atoms with van der Waals surface area (Å²) in [5, 5.41) is 54.8. The van der Waals surface area contributed by atoms with E-state index in [2.05, 4.69) is 129 Å². The second-order valence-electron chi connectivity index (χ2n) is 25.7. The third-order valence-corrected chi connectivity index (χ3v) is 17.2. The van der Waals surface area contributed by atoms with Crippen molar-refractivity contribution in [1.29, 1.82) is 0 Å². The summed E-state index contributed by atoms with van der Waals surface area (Å²) in [4.78, 5) is 13.1. The van der Waals surface area contributed by atoms with Crippen LogP contribution in [0.3, 0.4) is 0 Å². The van der Waals surface area contributed by atoms with Gasteiger partial charge in [-0.1, -0.05) is 341 Å². The van der Waals surface area contributed by atoms with Gasteiger partial charge in [0.25, 0.3) is 0 Å². The highest BCUT2D eigenvalue weighted by Gasteiger charge is 2.44. The van der Waals surface area contributed by atoms with E-state index in [1.54, 1.807) is 6.08 Å². The van der Waals surface area contributed by atoms with Gasteiger partial charge in [0.15, 0.2) is 6.29 Å². The van der Waals surface area contributed by atoms with Gasteiger partial charge in [-0.15, -0.1) is 0 Å². The van der Waals surface area contributed by atoms with E-state index in [9.17, 15) is 30.3 Å². The number of hydrogen-bond donors (Lipinski definition) is 6. The molecule has 0 saturated carbocycles. The SMILES string of the molecule is CC/C=C\C/C=C\C/C=C\C/C=C\C/C=C\C/C=C\C/C=C\CCCCCCCCCCCCCCCC(=O)NC(COC1OC(CO)C(O)C(O)C1O)C(O)/C=C/CC/C=C/CC/C=C/CCCCCCCCCCCCCCCCCCCCCCCC. The molecule has 1 amide bonds. The lowest BCUT2D eigenvalue weighted by atomic mass is 9.99. The van der Waals surface area contributed by atoms with Crippen LogP contribution in [0, 0.1) is 0 Å². The third kappa shape index (κ3) is 56.2. The van der Waals surface area contributed by atoms with Crippen LogP contribution < -0.4 is 5.32 Å². The summed E-state index contributed by atoms with van der Waals surface area (Å²) in [6.07, 6.45) is 96.1. The minimum absolute atomic E-state index is 0.193. The van der Waals surface area contributed by atoms with E-state index in [-0.39, 0.29) is 12.5 Å². The zero-order chi connectivity index (χ0) is 64.9. The maximum absolute atomic E-state index is 13.1. The first-order chi connectivity index (χ1) is 44.3. The van der Waals surface area contributed by atoms with Crippen molar-refractivity contribution < 1.29 is 39.8 Å². The fraction of sp³-hybridized carbons (Fsp3) is 0.741. The molecule has 0 aromatic carbocycles. The number of nitrogens with one attached hydrogen (secondary N) is 1. The molecule has 0 spiro atoms. The van der Waals surface area contributed by atoms with Crippen LogP contribution in [0.15, 0.2) is 122 Å². The Hall–Kier alpha value is -3.41. The fourth-order valence-corrected chi connectivity index (χ4v) is 11.4. The number of hydrogen-bond acceptors (Lipinski definition) is 8. The highest BCUT2D eigenvalue weighted by Crippen LogP contribution is 2.23. The highest BCUT2D eigenvalue weighted by molar-refractivity contribution is 5.76. The van der Waals surface area contributed by atoms with Crippen molar-refractivity contribution in [3.05, 3.63) is 122 Å². The van der Waals surface area contributed by atoms with E-state index < -0.39 is 49.5 Å². The molecule has 0 aromatic heterocycles. The number of ether oxygens (including phenoxy) is 2. The summed E-state index contributed by atoms with van der Waals surface area (Å²) in [6.45, 7) is 3.67. The van der Waals surface area contributed by atoms with Crippen molar-refractivity contribution in [3.63, 3.8) is 0 Å². The summed E-state index contributed by atoms with van der Waals surface area (Å²) in [7, 11) is 0. The Morgan fingerprint density at radius 3 is 1.07 bits per heavy atom. The number of aliphatic hydroxyl groups excluding tert-OH is 5. The molecule has 7 atom stereocenters. The van der Waals surface area contributed by atoms with Crippen LogP contribution in [0.1, 0.15) is 328 Å². The van der Waals surface area contributed by atoms with Crippen LogP contribution in [0.5, 0.6) is 0 Å². The largest absolute Gasteiger partial charge is 0.394 e. The fourth-order valence-electron chi connectivity index (χ4n) is 11.4. The number of unbranched alkanes of at least 4 members (excludes halogenated alkanes) is 37. The van der Waals surface area contributed by atoms with Crippen molar-refractivity contribution in [1.82, 2.24) is 5.32 Å². The lowest BCUT2D eigenvalue weighted by Crippen LogP contribution is -2.60. The summed E-state index contributed by atoms with van der Waals surface area (Å²) < 4.78 is 11.3. The molecule has 9 heteroatoms. The van der Waals surface area contributed by atoms with E-state index in [0.717, 1.165) is 89.9 Å². The molecule has 1 saturated heterocycles. The van der Waals surface area contributed by atoms with Crippen LogP contribution in [0.25, 0.3) is 0 Å². The average molecular weight is 1260 g/mol. The molecule has 90 heavy (non-hydrogen) atoms. The Kier molecular flexibility index (Phi) is 64.3. The molecule has 518 valence electrons. The molecule has 0 radical (unpaired) electrons. The predicted octanol–water partition coefficient (Wildman–Crippen LogP) is 21.4. The van der Waals surface area contributed by atoms with Gasteiger partial charge >= 0.3 is 0 Å². The van der Waals surface area contributed by atoms with Crippen LogP contribution in [-0.4, -0.2) is 87.5 Å². The summed E-state index contributed by atoms with van der Waals surface area (Å²) >= 11 is 0. The van der Waals surface area contributed by atoms with Gasteiger partial charge in [0.2, 0.25) is 5.91 Å². The first-order valence-corrected chi connectivity index (χ1v) is 37.8. The molecule has 1 aliphatic rings. The number of carbonyl (C=O) groups excluding carboxylic acids is 1. The second-order valence-corrected chi connectivity index (χ2v) is 25.7. The Morgan fingerprint density at radius 2 is 0.700 bits per heavy atom. The molecule has 6 N–H and O–H groups in total. The van der Waals surface area contributed by atoms with Crippen molar-refractivity contribution in [2.45, 2.75) is 371 Å². The molecule has 1 rings (SSSR count). The van der Waals surface area contributed by atoms with Gasteiger partial charge < -0.3 is 40.3 Å². The van der Waals surface area contributed by atoms with E-state index in [1.165, 1.54) is 218 Å². The number of amides is 1. The Balaban J connectivity index is 2.15. The van der Waals surface area contributed by atoms with E-state index >= 15 is 0 Å². The number of carbonyl (C=O) groups is 1. The number of aliphatic hydroxyl groups is 5. The minimum atomic E-state index is -1.58. The quantitative estimate of drug-likeness (QED) is 0.0261. The van der Waals surface area contributed by atoms with Gasteiger partial charge in [0.1, 0.15) is 24.4 Å². The van der Waals surface area contributed by atoms with Gasteiger partial charge in [0.05, 0.1) is 25.4 Å². The van der Waals surface area contributed by atoms with Crippen molar-refractivity contribution in [3.8, 4) is 0 Å². The lowest BCUT2D eigenvalue weighted by Gasteiger charge is -2.40. The molecule has 7 unspecified atom stereocenters. The average Bonchev–Trinajstić information content (AvgIpc) is 1.28. The number of rotatable bonds is 65. The maximum atomic E-state index is 13.1. The first-order valence-electron chi connectivity index (χ1n) is 37.8.